The highest BCUT2D eigenvalue weighted by molar-refractivity contribution is 6.48. The van der Waals surface area contributed by atoms with Gasteiger partial charge in [0.15, 0.2) is 0 Å². The Morgan fingerprint density at radius 1 is 0.131 bits per heavy atom. The van der Waals surface area contributed by atoms with Gasteiger partial charge in [0.1, 0.15) is 0 Å². The number of hydrogen-bond donors (Lipinski definition) is 0. The van der Waals surface area contributed by atoms with E-state index in [-0.39, 0.29) is 0 Å². The predicted octanol–water partition coefficient (Wildman–Crippen LogP) is 7.87. The smallest absolute Gasteiger partial charge is 0.0000249 e. The normalized spacial score (nSPS) is 144. The first-order valence-corrected chi connectivity index (χ1v) is 49.3. The molecule has 0 saturated heterocycles. The molecule has 72 rings (SSSR count). The Hall–Kier alpha value is 0. The molecule has 72 fully saturated rings. The summed E-state index contributed by atoms with van der Waals surface area (Å²) in [6.07, 6.45) is 7.68. The van der Waals surface area contributed by atoms with Crippen molar-refractivity contribution in [2.75, 3.05) is 0 Å². The van der Waals surface area contributed by atoms with Crippen LogP contribution in [0.5, 0.6) is 0 Å². The molecule has 0 amide bonds. The highest BCUT2D eigenvalue weighted by Gasteiger charge is 3.84. The molecule has 0 bridgehead atoms. The third-order valence-electron chi connectivity index (χ3n) is 87.0. The minimum Gasteiger partial charge on any atom is -0.0464 e. The molecule has 99 heavy (non-hydrogen) atoms. The Kier molecular flexibility index (Phi) is 1.66. The lowest BCUT2D eigenvalue weighted by molar-refractivity contribution is -1.24. The Balaban J connectivity index is 0.571. The van der Waals surface area contributed by atoms with Gasteiger partial charge in [0.25, 0.3) is 0 Å². The number of fused-ring (bicyclic) bond motifs is 28. The summed E-state index contributed by atoms with van der Waals surface area (Å²) in [5, 5.41) is 0. The van der Waals surface area contributed by atoms with Gasteiger partial charge in [-0.2, -0.15) is 0 Å². The van der Waals surface area contributed by atoms with Crippen LogP contribution in [-0.4, -0.2) is 0 Å². The van der Waals surface area contributed by atoms with E-state index in [1.54, 1.807) is 0 Å². The third-order valence-corrected chi connectivity index (χ3v) is 87.0. The molecule has 95 atom stereocenters. The first-order valence-electron chi connectivity index (χ1n) is 49.3. The summed E-state index contributed by atoms with van der Waals surface area (Å²) >= 11 is 0. The quantitative estimate of drug-likeness (QED) is 0.232. The zero-order chi connectivity index (χ0) is 54.0. The molecule has 72 aliphatic rings. The van der Waals surface area contributed by atoms with Crippen LogP contribution >= 0.6 is 0 Å². The highest BCUT2D eigenvalue weighted by atomic mass is 15.9. The van der Waals surface area contributed by atoms with Crippen LogP contribution in [0.2, 0.25) is 0 Å². The van der Waals surface area contributed by atoms with E-state index >= 15 is 0 Å². The van der Waals surface area contributed by atoms with E-state index in [1.165, 1.54) is 289 Å². The molecule has 0 aromatic heterocycles. The number of hydrogen-bond acceptors (Lipinski definition) is 0. The molecule has 0 aromatic rings. The molecular formula is C99H56. The minimum absolute atomic E-state index is 1.05. The third kappa shape index (κ3) is 0.723. The summed E-state index contributed by atoms with van der Waals surface area (Å²) in [5.41, 5.74) is 53.4. The van der Waals surface area contributed by atoms with Crippen molar-refractivity contribution >= 4 is 0 Å². The molecule has 47 spiro atoms. The summed E-state index contributed by atoms with van der Waals surface area (Å²) in [5.74, 6) is 67.7. The molecule has 95 unspecified atom stereocenters. The van der Waals surface area contributed by atoms with E-state index in [0.717, 1.165) is 249 Å². The van der Waals surface area contributed by atoms with Crippen molar-refractivity contribution in [1.82, 2.24) is 0 Å². The Morgan fingerprint density at radius 3 is 0.929 bits per heavy atom. The highest BCUT2D eigenvalue weighted by Crippen LogP contribution is 3.86. The lowest BCUT2D eigenvalue weighted by atomic mass is 8.23. The van der Waals surface area contributed by atoms with Gasteiger partial charge in [-0.15, -0.1) is 0 Å². The lowest BCUT2D eigenvalue weighted by Crippen LogP contribution is -3.76. The summed E-state index contributed by atoms with van der Waals surface area (Å²) in [6, 6.07) is 0. The zero-order valence-corrected chi connectivity index (χ0v) is 54.0. The summed E-state index contributed by atoms with van der Waals surface area (Å²) < 4.78 is 0. The van der Waals surface area contributed by atoms with Crippen molar-refractivity contribution in [2.24, 2.45) is 511 Å². The molecule has 0 nitrogen and oxygen atoms in total. The lowest BCUT2D eigenvalue weighted by Gasteiger charge is -3.78. The van der Waals surface area contributed by atoms with Crippen molar-refractivity contribution in [2.45, 2.75) is 25.7 Å². The van der Waals surface area contributed by atoms with E-state index in [4.69, 9.17) is 0 Å². The maximum Gasteiger partial charge on any atom is -0.0000249 e. The van der Waals surface area contributed by atoms with Gasteiger partial charge in [-0.3, -0.25) is 0 Å². The van der Waals surface area contributed by atoms with Gasteiger partial charge in [0.2, 0.25) is 0 Å². The maximum atomic E-state index is 1.93. The van der Waals surface area contributed by atoms with Gasteiger partial charge in [-0.1, -0.05) is 0 Å². The zero-order valence-electron chi connectivity index (χ0n) is 54.0. The van der Waals surface area contributed by atoms with Gasteiger partial charge in [0, 0.05) is 0 Å². The van der Waals surface area contributed by atoms with Crippen LogP contribution in [0.3, 0.4) is 0 Å². The van der Waals surface area contributed by atoms with Gasteiger partial charge in [0.05, 0.1) is 0 Å². The molecule has 0 heteroatoms. The van der Waals surface area contributed by atoms with Crippen LogP contribution in [0, 0.1) is 539 Å². The van der Waals surface area contributed by atoms with Gasteiger partial charge >= 0.3 is 0 Å². The Bertz CT molecular complexity index is 7460. The molecule has 72 aliphatic carbocycles. The second-order valence-electron chi connectivity index (χ2n) is 64.8. The van der Waals surface area contributed by atoms with Crippen LogP contribution in [0.25, 0.3) is 0 Å². The molecule has 0 N–H and O–H groups in total. The summed E-state index contributed by atoms with van der Waals surface area (Å²) in [6.45, 7) is 0. The molecule has 452 valence electrons. The first-order chi connectivity index (χ1) is 49.3. The maximum absolute atomic E-state index is 1.93. The van der Waals surface area contributed by atoms with Crippen molar-refractivity contribution < 1.29 is 0 Å². The Morgan fingerprint density at radius 2 is 0.434 bits per heavy atom. The molecule has 0 heterocycles. The topological polar surface area (TPSA) is 0 Å². The largest absolute Gasteiger partial charge is 0.0464 e. The van der Waals surface area contributed by atoms with Crippen molar-refractivity contribution in [3.05, 3.63) is 27.1 Å². The Labute approximate surface area is 560 Å². The fourth-order valence-corrected chi connectivity index (χ4v) is 111. The van der Waals surface area contributed by atoms with Gasteiger partial charge < -0.3 is 0 Å². The molecule has 72 saturated carbocycles. The van der Waals surface area contributed by atoms with Crippen LogP contribution in [0.15, 0.2) is 0 Å². The second kappa shape index (κ2) is 4.99. The summed E-state index contributed by atoms with van der Waals surface area (Å²) in [4.78, 5) is 0. The second-order valence-corrected chi connectivity index (χ2v) is 64.8. The van der Waals surface area contributed by atoms with Crippen LogP contribution < -0.4 is 0 Å². The predicted molar refractivity (Wildman–Crippen MR) is 304 cm³/mol. The van der Waals surface area contributed by atoms with Crippen LogP contribution in [-0.2, 0) is 0 Å². The van der Waals surface area contributed by atoms with Crippen molar-refractivity contribution in [3.8, 4) is 0 Å². The molecule has 0 aliphatic heterocycles. The van der Waals surface area contributed by atoms with Crippen LogP contribution in [0.1, 0.15) is 25.7 Å². The average molecular weight is 1250 g/mol. The fraction of sp³-hybridized carbons (Fsp3) is 1.00. The van der Waals surface area contributed by atoms with E-state index in [9.17, 15) is 0 Å². The van der Waals surface area contributed by atoms with E-state index in [0.29, 0.717) is 0 Å². The average Bonchev–Trinajstić information content (AvgIpc) is 0.401. The van der Waals surface area contributed by atoms with Crippen molar-refractivity contribution in [1.29, 1.82) is 0 Å². The first kappa shape index (κ1) is 32.9. The number of rotatable bonds is 0. The molecule has 0 aromatic carbocycles. The van der Waals surface area contributed by atoms with Gasteiger partial charge in [-0.05, 0) is 564 Å². The standard InChI is InChI=1S/C99H56/c1-5-13-6(1)15-34-41-37-29-9-3-10-31-39-44-47-45-40-32-12-4-11-30-38-43-36-28-8-2-7-16-19-22-24-21-18-14(5)17(13)20(18)23(21)25(24)26(22)27(19)33(16)53(7,8)57(28)52-51-50-49-48-46-42-35(15)56(34)63(41)66(37)59(29)54(9,10)61(31)68(39)71(44)74(47)72(45)69(40)62(32)55(11,12)60(30)67(38)65(43)58(36,57)78(52)77(51)76(50)75(49)73(48)70(46)64(42,56)81(63)83(66)79(59,61)85(68)89(71)93(74)90(72)86(69)80(60,62)84(67)82(65,78)88(77)92(76)94(75)91(73)87(70,81)95(83,85)97(89,91)99(93,94)98(90,92)96(84,86)88/h5-52H,1-4H2. The SMILES string of the molecule is C1C2C3C1C1C4C5C6C7C8CC9C%10C%11C%12C%13C%14C%15C%16C%17CC%18C%19C%20C%21C%22C%23C%24CC%25C%26C%27C%28C%29C%30C%31C2C3C%31C%30C%29C%28C%27C%26C%25%24C%232C3C%23C%24C%25C%26C%27C%28C1C41C54C65C76C89C%107C%118C%129C%13%10C%14%11C%15%12C%16%13C%18%17C%19%14C%20%15C%21%16C%222C32C%233C%24%17C%25%18C%26%19C%27%20C%281C41C54C67C85C96C%107C%118C%129C%14%13C%15%10C%162C32C%173C%18%11C%19%12C%201C45C6%12C7%11C83C%1092. The fourth-order valence-electron chi connectivity index (χ4n) is 111. The van der Waals surface area contributed by atoms with E-state index in [1.807, 2.05) is 25.7 Å². The summed E-state index contributed by atoms with van der Waals surface area (Å²) in [7, 11) is 0. The monoisotopic (exact) mass is 1240 g/mol. The molecular weight excluding hydrogens is 1190 g/mol. The molecule has 0 radical (unpaired) electrons. The van der Waals surface area contributed by atoms with E-state index < -0.39 is 0 Å². The van der Waals surface area contributed by atoms with Gasteiger partial charge in [-0.25, -0.2) is 0 Å². The minimum atomic E-state index is 1.05. The van der Waals surface area contributed by atoms with E-state index in [2.05, 4.69) is 0 Å². The van der Waals surface area contributed by atoms with Crippen molar-refractivity contribution in [3.63, 3.8) is 0 Å². The van der Waals surface area contributed by atoms with Crippen LogP contribution in [0.4, 0.5) is 0 Å².